The molecule has 0 aliphatic rings. The van der Waals surface area contributed by atoms with E-state index in [0.29, 0.717) is 0 Å². The summed E-state index contributed by atoms with van der Waals surface area (Å²) < 4.78 is 1.95. The van der Waals surface area contributed by atoms with Crippen molar-refractivity contribution in [2.24, 2.45) is 0 Å². The monoisotopic (exact) mass is 208 g/mol. The van der Waals surface area contributed by atoms with Gasteiger partial charge in [-0.1, -0.05) is 26.2 Å². The predicted octanol–water partition coefficient (Wildman–Crippen LogP) is 2.89. The fourth-order valence-electron chi connectivity index (χ4n) is 1.79. The number of carbonyl (C=O) groups is 1. The molecule has 3 heteroatoms. The van der Waals surface area contributed by atoms with Gasteiger partial charge in [0.2, 0.25) is 0 Å². The van der Waals surface area contributed by atoms with Crippen LogP contribution in [0, 0.1) is 13.8 Å². The molecule has 0 saturated heterocycles. The molecule has 0 spiro atoms. The summed E-state index contributed by atoms with van der Waals surface area (Å²) in [5.41, 5.74) is 2.60. The number of hydrogen-bond donors (Lipinski definition) is 0. The molecule has 0 aromatic carbocycles. The topological polar surface area (TPSA) is 34.9 Å². The van der Waals surface area contributed by atoms with Crippen LogP contribution in [0.2, 0.25) is 0 Å². The molecule has 1 aromatic heterocycles. The first kappa shape index (κ1) is 12.0. The van der Waals surface area contributed by atoms with Gasteiger partial charge in [0.1, 0.15) is 0 Å². The summed E-state index contributed by atoms with van der Waals surface area (Å²) in [4.78, 5) is 10.8. The van der Waals surface area contributed by atoms with Crippen LogP contribution < -0.4 is 0 Å². The fraction of sp³-hybridized carbons (Fsp3) is 0.667. The van der Waals surface area contributed by atoms with Crippen molar-refractivity contribution < 1.29 is 4.79 Å². The first-order chi connectivity index (χ1) is 7.20. The molecule has 0 saturated carbocycles. The molecular weight excluding hydrogens is 188 g/mol. The second kappa shape index (κ2) is 5.69. The van der Waals surface area contributed by atoms with Crippen LogP contribution in [0.4, 0.5) is 0 Å². The van der Waals surface area contributed by atoms with E-state index in [1.807, 2.05) is 18.5 Å². The normalized spacial score (nSPS) is 10.6. The van der Waals surface area contributed by atoms with Crippen molar-refractivity contribution in [3.05, 3.63) is 17.0 Å². The average molecular weight is 208 g/mol. The Kier molecular flexibility index (Phi) is 4.53. The van der Waals surface area contributed by atoms with Gasteiger partial charge in [-0.15, -0.1) is 0 Å². The van der Waals surface area contributed by atoms with Crippen molar-refractivity contribution in [3.8, 4) is 0 Å². The van der Waals surface area contributed by atoms with Crippen LogP contribution in [0.1, 0.15) is 54.4 Å². The van der Waals surface area contributed by atoms with Crippen LogP contribution in [0.3, 0.4) is 0 Å². The first-order valence-electron chi connectivity index (χ1n) is 5.69. The first-order valence-corrected chi connectivity index (χ1v) is 5.69. The summed E-state index contributed by atoms with van der Waals surface area (Å²) in [6.45, 7) is 6.98. The minimum absolute atomic E-state index is 0.755. The number of aryl methyl sites for hydroxylation is 2. The summed E-state index contributed by atoms with van der Waals surface area (Å²) in [7, 11) is 0. The van der Waals surface area contributed by atoms with Crippen LogP contribution in [0.15, 0.2) is 0 Å². The maximum Gasteiger partial charge on any atom is 0.153 e. The van der Waals surface area contributed by atoms with E-state index in [4.69, 9.17) is 0 Å². The van der Waals surface area contributed by atoms with Gasteiger partial charge in [0.15, 0.2) is 6.29 Å². The van der Waals surface area contributed by atoms with Gasteiger partial charge in [0, 0.05) is 12.2 Å². The van der Waals surface area contributed by atoms with Crippen molar-refractivity contribution in [1.29, 1.82) is 0 Å². The predicted molar refractivity (Wildman–Crippen MR) is 61.2 cm³/mol. The third-order valence-corrected chi connectivity index (χ3v) is 2.78. The van der Waals surface area contributed by atoms with E-state index in [1.165, 1.54) is 19.3 Å². The van der Waals surface area contributed by atoms with E-state index in [2.05, 4.69) is 12.0 Å². The largest absolute Gasteiger partial charge is 0.298 e. The highest BCUT2D eigenvalue weighted by molar-refractivity contribution is 5.77. The minimum Gasteiger partial charge on any atom is -0.298 e. The van der Waals surface area contributed by atoms with Crippen molar-refractivity contribution in [3.63, 3.8) is 0 Å². The van der Waals surface area contributed by atoms with Gasteiger partial charge in [0.25, 0.3) is 0 Å². The summed E-state index contributed by atoms with van der Waals surface area (Å²) in [5, 5.41) is 4.36. The molecule has 0 N–H and O–H groups in total. The van der Waals surface area contributed by atoms with Gasteiger partial charge in [-0.2, -0.15) is 5.10 Å². The molecule has 0 aliphatic heterocycles. The molecule has 0 radical (unpaired) electrons. The minimum atomic E-state index is 0.755. The smallest absolute Gasteiger partial charge is 0.153 e. The molecule has 1 rings (SSSR count). The Morgan fingerprint density at radius 3 is 2.53 bits per heavy atom. The van der Waals surface area contributed by atoms with E-state index in [0.717, 1.165) is 36.2 Å². The van der Waals surface area contributed by atoms with Crippen LogP contribution in [-0.2, 0) is 6.54 Å². The molecule has 84 valence electrons. The highest BCUT2D eigenvalue weighted by Gasteiger charge is 2.09. The lowest BCUT2D eigenvalue weighted by Gasteiger charge is -2.03. The number of hydrogen-bond acceptors (Lipinski definition) is 2. The number of aromatic nitrogens is 2. The Balaban J connectivity index is 2.58. The van der Waals surface area contributed by atoms with Gasteiger partial charge >= 0.3 is 0 Å². The van der Waals surface area contributed by atoms with Crippen molar-refractivity contribution in [2.45, 2.75) is 53.0 Å². The second-order valence-corrected chi connectivity index (χ2v) is 3.99. The molecule has 0 fully saturated rings. The molecule has 0 aliphatic carbocycles. The zero-order valence-electron chi connectivity index (χ0n) is 9.92. The van der Waals surface area contributed by atoms with E-state index in [9.17, 15) is 4.79 Å². The maximum atomic E-state index is 10.8. The lowest BCUT2D eigenvalue weighted by atomic mass is 10.2. The molecule has 1 heterocycles. The van der Waals surface area contributed by atoms with Gasteiger partial charge in [-0.05, 0) is 20.3 Å². The summed E-state index contributed by atoms with van der Waals surface area (Å²) >= 11 is 0. The van der Waals surface area contributed by atoms with Crippen molar-refractivity contribution >= 4 is 6.29 Å². The Bertz CT molecular complexity index is 329. The fourth-order valence-corrected chi connectivity index (χ4v) is 1.79. The Hall–Kier alpha value is -1.12. The third-order valence-electron chi connectivity index (χ3n) is 2.78. The highest BCUT2D eigenvalue weighted by atomic mass is 16.1. The highest BCUT2D eigenvalue weighted by Crippen LogP contribution is 2.11. The average Bonchev–Trinajstić information content (AvgIpc) is 2.49. The van der Waals surface area contributed by atoms with Gasteiger partial charge < -0.3 is 0 Å². The lowest BCUT2D eigenvalue weighted by Crippen LogP contribution is -2.02. The Morgan fingerprint density at radius 1 is 1.27 bits per heavy atom. The van der Waals surface area contributed by atoms with E-state index in [-0.39, 0.29) is 0 Å². The SMILES string of the molecule is CCCCCCn1nc(C)c(C=O)c1C. The molecule has 0 unspecified atom stereocenters. The number of nitrogens with zero attached hydrogens (tertiary/aromatic N) is 2. The summed E-state index contributed by atoms with van der Waals surface area (Å²) in [6, 6.07) is 0. The number of rotatable bonds is 6. The van der Waals surface area contributed by atoms with Gasteiger partial charge in [0.05, 0.1) is 11.3 Å². The number of aldehydes is 1. The lowest BCUT2D eigenvalue weighted by molar-refractivity contribution is 0.112. The molecular formula is C12H20N2O. The number of unbranched alkanes of at least 4 members (excludes halogenated alkanes) is 3. The molecule has 15 heavy (non-hydrogen) atoms. The second-order valence-electron chi connectivity index (χ2n) is 3.99. The van der Waals surface area contributed by atoms with Gasteiger partial charge in [-0.25, -0.2) is 0 Å². The third kappa shape index (κ3) is 2.91. The summed E-state index contributed by atoms with van der Waals surface area (Å²) in [5.74, 6) is 0. The van der Waals surface area contributed by atoms with E-state index >= 15 is 0 Å². The van der Waals surface area contributed by atoms with Crippen molar-refractivity contribution in [2.75, 3.05) is 0 Å². The number of carbonyl (C=O) groups excluding carboxylic acids is 1. The molecule has 0 amide bonds. The maximum absolute atomic E-state index is 10.8. The zero-order chi connectivity index (χ0) is 11.3. The van der Waals surface area contributed by atoms with Crippen LogP contribution in [0.25, 0.3) is 0 Å². The Morgan fingerprint density at radius 2 is 2.00 bits per heavy atom. The standard InChI is InChI=1S/C12H20N2O/c1-4-5-6-7-8-14-11(3)12(9-15)10(2)13-14/h9H,4-8H2,1-3H3. The molecule has 3 nitrogen and oxygen atoms in total. The van der Waals surface area contributed by atoms with Crippen LogP contribution >= 0.6 is 0 Å². The molecule has 0 atom stereocenters. The van der Waals surface area contributed by atoms with E-state index in [1.54, 1.807) is 0 Å². The Labute approximate surface area is 91.5 Å². The van der Waals surface area contributed by atoms with Crippen LogP contribution in [0.5, 0.6) is 0 Å². The van der Waals surface area contributed by atoms with E-state index < -0.39 is 0 Å². The van der Waals surface area contributed by atoms with Crippen molar-refractivity contribution in [1.82, 2.24) is 9.78 Å². The van der Waals surface area contributed by atoms with Crippen LogP contribution in [-0.4, -0.2) is 16.1 Å². The summed E-state index contributed by atoms with van der Waals surface area (Å²) in [6.07, 6.45) is 5.82. The van der Waals surface area contributed by atoms with Gasteiger partial charge in [-0.3, -0.25) is 9.48 Å². The molecule has 1 aromatic rings. The molecule has 0 bridgehead atoms. The quantitative estimate of drug-likeness (QED) is 0.532. The zero-order valence-corrected chi connectivity index (χ0v) is 9.92.